The standard InChI is InChI=1S/C25H26N4O2S/c1-25-14-13-22(30)29(25)21(17-32-25)24(31)27(2)15-19-16-28(20-11-7-4-8-12-20)26-23(19)18-9-5-3-6-10-18/h3-12,16,21H,13-15,17H2,1-2H3/t21-,25-/m0/s1. The van der Waals surface area contributed by atoms with Crippen molar-refractivity contribution in [2.75, 3.05) is 12.8 Å². The van der Waals surface area contributed by atoms with E-state index >= 15 is 0 Å². The van der Waals surface area contributed by atoms with Crippen LogP contribution in [-0.2, 0) is 16.1 Å². The van der Waals surface area contributed by atoms with Crippen LogP contribution in [0.2, 0.25) is 0 Å². The smallest absolute Gasteiger partial charge is 0.246 e. The van der Waals surface area contributed by atoms with Crippen LogP contribution < -0.4 is 0 Å². The topological polar surface area (TPSA) is 58.4 Å². The van der Waals surface area contributed by atoms with Gasteiger partial charge in [-0.1, -0.05) is 48.5 Å². The Labute approximate surface area is 192 Å². The lowest BCUT2D eigenvalue weighted by Gasteiger charge is -2.31. The summed E-state index contributed by atoms with van der Waals surface area (Å²) in [6.07, 6.45) is 3.33. The Hall–Kier alpha value is -3.06. The lowest BCUT2D eigenvalue weighted by Crippen LogP contribution is -2.50. The molecule has 3 aromatic rings. The molecule has 1 aromatic heterocycles. The van der Waals surface area contributed by atoms with E-state index in [4.69, 9.17) is 5.10 Å². The number of hydrogen-bond acceptors (Lipinski definition) is 4. The molecule has 2 saturated heterocycles. The Morgan fingerprint density at radius 2 is 1.84 bits per heavy atom. The number of amides is 2. The molecule has 0 N–H and O–H groups in total. The molecule has 7 heteroatoms. The van der Waals surface area contributed by atoms with Crippen LogP contribution in [-0.4, -0.2) is 55.1 Å². The number of benzene rings is 2. The number of hydrogen-bond donors (Lipinski definition) is 0. The number of carbonyl (C=O) groups is 2. The van der Waals surface area contributed by atoms with Gasteiger partial charge in [0.2, 0.25) is 11.8 Å². The van der Waals surface area contributed by atoms with Gasteiger partial charge in [-0.2, -0.15) is 5.10 Å². The highest BCUT2D eigenvalue weighted by atomic mass is 32.2. The molecule has 0 spiro atoms. The average molecular weight is 447 g/mol. The molecule has 32 heavy (non-hydrogen) atoms. The summed E-state index contributed by atoms with van der Waals surface area (Å²) in [5, 5.41) is 4.85. The third-order valence-corrected chi connectivity index (χ3v) is 7.88. The fourth-order valence-electron chi connectivity index (χ4n) is 4.67. The van der Waals surface area contributed by atoms with Crippen LogP contribution in [0.1, 0.15) is 25.3 Å². The van der Waals surface area contributed by atoms with Crippen LogP contribution in [0.5, 0.6) is 0 Å². The second kappa shape index (κ2) is 8.13. The Morgan fingerprint density at radius 1 is 1.16 bits per heavy atom. The minimum atomic E-state index is -0.394. The predicted molar refractivity (Wildman–Crippen MR) is 126 cm³/mol. The Bertz CT molecular complexity index is 1150. The van der Waals surface area contributed by atoms with Crippen LogP contribution in [0, 0.1) is 0 Å². The summed E-state index contributed by atoms with van der Waals surface area (Å²) in [5.41, 5.74) is 3.81. The Balaban J connectivity index is 1.43. The zero-order valence-electron chi connectivity index (χ0n) is 18.3. The van der Waals surface area contributed by atoms with Gasteiger partial charge in [0.25, 0.3) is 0 Å². The molecule has 2 aromatic carbocycles. The van der Waals surface area contributed by atoms with Gasteiger partial charge in [-0.3, -0.25) is 9.59 Å². The van der Waals surface area contributed by atoms with Gasteiger partial charge >= 0.3 is 0 Å². The highest BCUT2D eigenvalue weighted by molar-refractivity contribution is 8.01. The van der Waals surface area contributed by atoms with E-state index in [1.807, 2.05) is 83.5 Å². The molecule has 0 aliphatic carbocycles. The largest absolute Gasteiger partial charge is 0.339 e. The SMILES string of the molecule is CN(Cc1cn(-c2ccccc2)nc1-c1ccccc1)C(=O)[C@@H]1CS[C@@]2(C)CCC(=O)N12. The molecule has 2 atom stereocenters. The average Bonchev–Trinajstić information content (AvgIpc) is 3.48. The van der Waals surface area contributed by atoms with Gasteiger partial charge in [0.15, 0.2) is 0 Å². The number of nitrogens with zero attached hydrogens (tertiary/aromatic N) is 4. The molecule has 3 heterocycles. The normalized spacial score (nSPS) is 22.2. The summed E-state index contributed by atoms with van der Waals surface area (Å²) >= 11 is 1.72. The molecule has 6 nitrogen and oxygen atoms in total. The van der Waals surface area contributed by atoms with Crippen molar-refractivity contribution >= 4 is 23.6 Å². The first-order valence-electron chi connectivity index (χ1n) is 10.9. The summed E-state index contributed by atoms with van der Waals surface area (Å²) in [5.74, 6) is 0.731. The summed E-state index contributed by atoms with van der Waals surface area (Å²) in [6, 6.07) is 19.6. The molecule has 2 aliphatic rings. The van der Waals surface area contributed by atoms with Gasteiger partial charge in [0.1, 0.15) is 6.04 Å². The van der Waals surface area contributed by atoms with Crippen molar-refractivity contribution in [3.05, 3.63) is 72.4 Å². The highest BCUT2D eigenvalue weighted by Crippen LogP contribution is 2.47. The third-order valence-electron chi connectivity index (χ3n) is 6.37. The van der Waals surface area contributed by atoms with E-state index in [2.05, 4.69) is 6.92 Å². The van der Waals surface area contributed by atoms with Crippen LogP contribution in [0.25, 0.3) is 16.9 Å². The maximum absolute atomic E-state index is 13.4. The summed E-state index contributed by atoms with van der Waals surface area (Å²) in [4.78, 5) is 29.2. The zero-order valence-corrected chi connectivity index (χ0v) is 19.1. The van der Waals surface area contributed by atoms with Crippen molar-refractivity contribution < 1.29 is 9.59 Å². The van der Waals surface area contributed by atoms with Gasteiger partial charge in [0, 0.05) is 43.1 Å². The molecular formula is C25H26N4O2S. The van der Waals surface area contributed by atoms with Crippen molar-refractivity contribution in [3.63, 3.8) is 0 Å². The molecular weight excluding hydrogens is 420 g/mol. The second-order valence-electron chi connectivity index (χ2n) is 8.61. The molecule has 2 fully saturated rings. The first-order valence-corrected chi connectivity index (χ1v) is 11.9. The summed E-state index contributed by atoms with van der Waals surface area (Å²) in [6.45, 7) is 2.50. The van der Waals surface area contributed by atoms with Crippen molar-refractivity contribution in [1.82, 2.24) is 19.6 Å². The lowest BCUT2D eigenvalue weighted by molar-refractivity contribution is -0.143. The van der Waals surface area contributed by atoms with Gasteiger partial charge in [0.05, 0.1) is 16.3 Å². The number of carbonyl (C=O) groups excluding carboxylic acids is 2. The second-order valence-corrected chi connectivity index (χ2v) is 10.1. The fourth-order valence-corrected chi connectivity index (χ4v) is 6.09. The molecule has 0 radical (unpaired) electrons. The molecule has 2 aliphatic heterocycles. The quantitative estimate of drug-likeness (QED) is 0.596. The van der Waals surface area contributed by atoms with Crippen LogP contribution in [0.4, 0.5) is 0 Å². The first kappa shape index (κ1) is 20.8. The molecule has 0 unspecified atom stereocenters. The number of para-hydroxylation sites is 1. The summed E-state index contributed by atoms with van der Waals surface area (Å²) < 4.78 is 1.86. The Morgan fingerprint density at radius 3 is 2.56 bits per heavy atom. The minimum absolute atomic E-state index is 0.0112. The third kappa shape index (κ3) is 3.60. The van der Waals surface area contributed by atoms with Crippen molar-refractivity contribution in [1.29, 1.82) is 0 Å². The molecule has 5 rings (SSSR count). The monoisotopic (exact) mass is 446 g/mol. The fraction of sp³-hybridized carbons (Fsp3) is 0.320. The number of fused-ring (bicyclic) bond motifs is 1. The van der Waals surface area contributed by atoms with Gasteiger partial charge < -0.3 is 9.80 Å². The molecule has 0 saturated carbocycles. The molecule has 164 valence electrons. The van der Waals surface area contributed by atoms with Gasteiger partial charge in [-0.05, 0) is 25.5 Å². The zero-order chi connectivity index (χ0) is 22.3. The number of aromatic nitrogens is 2. The maximum Gasteiger partial charge on any atom is 0.246 e. The van der Waals surface area contributed by atoms with E-state index in [1.54, 1.807) is 16.7 Å². The van der Waals surface area contributed by atoms with Crippen LogP contribution in [0.15, 0.2) is 66.9 Å². The van der Waals surface area contributed by atoms with E-state index in [9.17, 15) is 9.59 Å². The predicted octanol–water partition coefficient (Wildman–Crippen LogP) is 3.95. The lowest BCUT2D eigenvalue weighted by atomic mass is 10.1. The van der Waals surface area contributed by atoms with E-state index in [1.165, 1.54) is 0 Å². The number of thioether (sulfide) groups is 1. The van der Waals surface area contributed by atoms with Crippen LogP contribution >= 0.6 is 11.8 Å². The Kier molecular flexibility index (Phi) is 5.29. The first-order chi connectivity index (χ1) is 15.5. The van der Waals surface area contributed by atoms with Crippen LogP contribution in [0.3, 0.4) is 0 Å². The molecule has 0 bridgehead atoms. The minimum Gasteiger partial charge on any atom is -0.339 e. The van der Waals surface area contributed by atoms with E-state index in [0.29, 0.717) is 18.7 Å². The van der Waals surface area contributed by atoms with E-state index in [-0.39, 0.29) is 16.7 Å². The van der Waals surface area contributed by atoms with Gasteiger partial charge in [-0.25, -0.2) is 4.68 Å². The van der Waals surface area contributed by atoms with E-state index < -0.39 is 6.04 Å². The van der Waals surface area contributed by atoms with Crippen molar-refractivity contribution in [2.24, 2.45) is 0 Å². The maximum atomic E-state index is 13.4. The number of rotatable bonds is 5. The van der Waals surface area contributed by atoms with Crippen molar-refractivity contribution in [2.45, 2.75) is 37.2 Å². The summed E-state index contributed by atoms with van der Waals surface area (Å²) in [7, 11) is 1.82. The highest BCUT2D eigenvalue weighted by Gasteiger charge is 2.53. The van der Waals surface area contributed by atoms with Gasteiger partial charge in [-0.15, -0.1) is 11.8 Å². The van der Waals surface area contributed by atoms with Crippen molar-refractivity contribution in [3.8, 4) is 16.9 Å². The number of likely N-dealkylation sites (N-methyl/N-ethyl adjacent to an activating group) is 1. The molecule has 2 amide bonds. The van der Waals surface area contributed by atoms with E-state index in [0.717, 1.165) is 28.9 Å².